The predicted octanol–water partition coefficient (Wildman–Crippen LogP) is 1.60. The Morgan fingerprint density at radius 2 is 2.13 bits per heavy atom. The third-order valence-electron chi connectivity index (χ3n) is 4.60. The van der Waals surface area contributed by atoms with Crippen LogP contribution in [0.4, 0.5) is 0 Å². The molecule has 0 saturated carbocycles. The quantitative estimate of drug-likeness (QED) is 0.866. The lowest BCUT2D eigenvalue weighted by Gasteiger charge is -2.37. The molecule has 0 aromatic heterocycles. The molecule has 2 N–H and O–H groups in total. The first-order chi connectivity index (χ1) is 11.0. The summed E-state index contributed by atoms with van der Waals surface area (Å²) < 4.78 is 0. The zero-order valence-corrected chi connectivity index (χ0v) is 13.9. The largest absolute Gasteiger partial charge is 0.396 e. The second-order valence-electron chi connectivity index (χ2n) is 6.30. The van der Waals surface area contributed by atoms with E-state index in [2.05, 4.69) is 12.2 Å². The number of hydrogen-bond acceptors (Lipinski definition) is 3. The van der Waals surface area contributed by atoms with E-state index in [1.54, 1.807) is 13.1 Å². The highest BCUT2D eigenvalue weighted by Crippen LogP contribution is 2.22. The molecule has 0 radical (unpaired) electrons. The number of nitrogens with zero attached hydrogens (tertiary/aromatic N) is 1. The Morgan fingerprint density at radius 1 is 1.35 bits per heavy atom. The normalized spacial score (nSPS) is 21.1. The Bertz CT molecular complexity index is 559. The number of carbonyl (C=O) groups excluding carboxylic acids is 2. The maximum absolute atomic E-state index is 12.5. The zero-order chi connectivity index (χ0) is 16.8. The molecular weight excluding hydrogens is 292 g/mol. The molecule has 2 amide bonds. The van der Waals surface area contributed by atoms with Gasteiger partial charge in [-0.25, -0.2) is 0 Å². The molecule has 1 aromatic carbocycles. The topological polar surface area (TPSA) is 69.6 Å². The van der Waals surface area contributed by atoms with Crippen molar-refractivity contribution in [1.29, 1.82) is 0 Å². The number of carbonyl (C=O) groups is 2. The second-order valence-corrected chi connectivity index (χ2v) is 6.30. The lowest BCUT2D eigenvalue weighted by molar-refractivity contribution is -0.135. The Labute approximate surface area is 137 Å². The van der Waals surface area contributed by atoms with E-state index in [1.165, 1.54) is 0 Å². The van der Waals surface area contributed by atoms with Gasteiger partial charge in [-0.05, 0) is 49.8 Å². The Hall–Kier alpha value is -1.88. The summed E-state index contributed by atoms with van der Waals surface area (Å²) in [5, 5.41) is 11.9. The van der Waals surface area contributed by atoms with Gasteiger partial charge in [-0.15, -0.1) is 0 Å². The van der Waals surface area contributed by atoms with Gasteiger partial charge in [0.1, 0.15) is 0 Å². The van der Waals surface area contributed by atoms with Crippen molar-refractivity contribution in [3.63, 3.8) is 0 Å². The van der Waals surface area contributed by atoms with Gasteiger partial charge in [0.2, 0.25) is 5.91 Å². The Balaban J connectivity index is 1.94. The first kappa shape index (κ1) is 17.5. The molecule has 126 valence electrons. The molecule has 1 aliphatic heterocycles. The summed E-state index contributed by atoms with van der Waals surface area (Å²) in [6.45, 7) is 2.86. The predicted molar refractivity (Wildman–Crippen MR) is 89.1 cm³/mol. The van der Waals surface area contributed by atoms with Gasteiger partial charge in [0.05, 0.1) is 0 Å². The monoisotopic (exact) mass is 318 g/mol. The van der Waals surface area contributed by atoms with Crippen molar-refractivity contribution in [3.05, 3.63) is 35.4 Å². The summed E-state index contributed by atoms with van der Waals surface area (Å²) in [6.07, 6.45) is 2.98. The summed E-state index contributed by atoms with van der Waals surface area (Å²) in [7, 11) is 1.61. The molecule has 1 heterocycles. The summed E-state index contributed by atoms with van der Waals surface area (Å²) >= 11 is 0. The third kappa shape index (κ3) is 4.55. The van der Waals surface area contributed by atoms with Gasteiger partial charge in [-0.1, -0.05) is 12.1 Å². The van der Waals surface area contributed by atoms with Crippen LogP contribution in [0.2, 0.25) is 0 Å². The maximum Gasteiger partial charge on any atom is 0.251 e. The van der Waals surface area contributed by atoms with Crippen LogP contribution in [0.15, 0.2) is 24.3 Å². The van der Waals surface area contributed by atoms with Gasteiger partial charge < -0.3 is 15.3 Å². The molecule has 0 spiro atoms. The van der Waals surface area contributed by atoms with Crippen molar-refractivity contribution in [2.75, 3.05) is 20.2 Å². The number of hydrogen-bond donors (Lipinski definition) is 2. The summed E-state index contributed by atoms with van der Waals surface area (Å²) in [5.41, 5.74) is 1.60. The molecular formula is C18H26N2O3. The number of amides is 2. The van der Waals surface area contributed by atoms with Gasteiger partial charge in [0.15, 0.2) is 0 Å². The average Bonchev–Trinajstić information content (AvgIpc) is 2.59. The number of aliphatic hydroxyl groups excluding tert-OH is 1. The van der Waals surface area contributed by atoms with Crippen molar-refractivity contribution < 1.29 is 14.7 Å². The van der Waals surface area contributed by atoms with E-state index in [1.807, 2.05) is 23.1 Å². The molecule has 2 atom stereocenters. The fourth-order valence-corrected chi connectivity index (χ4v) is 3.09. The van der Waals surface area contributed by atoms with Gasteiger partial charge in [0.25, 0.3) is 5.91 Å². The minimum absolute atomic E-state index is 0.117. The first-order valence-corrected chi connectivity index (χ1v) is 8.26. The Kier molecular flexibility index (Phi) is 6.16. The lowest BCUT2D eigenvalue weighted by Crippen LogP contribution is -2.46. The smallest absolute Gasteiger partial charge is 0.251 e. The van der Waals surface area contributed by atoms with E-state index in [4.69, 9.17) is 0 Å². The number of nitrogens with one attached hydrogen (secondary N) is 1. The molecule has 1 fully saturated rings. The Morgan fingerprint density at radius 3 is 2.83 bits per heavy atom. The van der Waals surface area contributed by atoms with Crippen LogP contribution < -0.4 is 5.32 Å². The van der Waals surface area contributed by atoms with Crippen LogP contribution in [0.1, 0.15) is 42.1 Å². The summed E-state index contributed by atoms with van der Waals surface area (Å²) in [6, 6.07) is 7.62. The molecule has 0 bridgehead atoms. The van der Waals surface area contributed by atoms with Crippen LogP contribution in [-0.4, -0.2) is 48.1 Å². The first-order valence-electron chi connectivity index (χ1n) is 8.26. The van der Waals surface area contributed by atoms with Crippen molar-refractivity contribution in [2.45, 2.75) is 38.6 Å². The molecule has 1 aliphatic rings. The molecule has 5 heteroatoms. The minimum atomic E-state index is -0.117. The van der Waals surface area contributed by atoms with Crippen molar-refractivity contribution in [1.82, 2.24) is 10.2 Å². The number of aliphatic hydroxyl groups is 1. The van der Waals surface area contributed by atoms with Gasteiger partial charge >= 0.3 is 0 Å². The average molecular weight is 318 g/mol. The van der Waals surface area contributed by atoms with E-state index in [-0.39, 0.29) is 30.4 Å². The molecule has 1 saturated heterocycles. The molecule has 23 heavy (non-hydrogen) atoms. The van der Waals surface area contributed by atoms with E-state index >= 15 is 0 Å². The fraction of sp³-hybridized carbons (Fsp3) is 0.556. The number of aryl methyl sites for hydroxylation is 1. The zero-order valence-electron chi connectivity index (χ0n) is 13.9. The number of likely N-dealkylation sites (tertiary alicyclic amines) is 1. The summed E-state index contributed by atoms with van der Waals surface area (Å²) in [4.78, 5) is 26.0. The molecule has 5 nitrogen and oxygen atoms in total. The molecule has 1 aromatic rings. The van der Waals surface area contributed by atoms with Crippen LogP contribution in [-0.2, 0) is 11.2 Å². The van der Waals surface area contributed by atoms with Gasteiger partial charge in [-0.2, -0.15) is 0 Å². The molecule has 0 aliphatic carbocycles. The number of benzene rings is 1. The number of piperidine rings is 1. The van der Waals surface area contributed by atoms with E-state index in [0.717, 1.165) is 18.4 Å². The third-order valence-corrected chi connectivity index (χ3v) is 4.60. The van der Waals surface area contributed by atoms with Gasteiger partial charge in [0, 0.05) is 38.2 Å². The molecule has 2 rings (SSSR count). The van der Waals surface area contributed by atoms with Gasteiger partial charge in [-0.3, -0.25) is 9.59 Å². The van der Waals surface area contributed by atoms with E-state index in [0.29, 0.717) is 24.9 Å². The van der Waals surface area contributed by atoms with E-state index in [9.17, 15) is 14.7 Å². The summed E-state index contributed by atoms with van der Waals surface area (Å²) in [5.74, 6) is 0.210. The molecule has 2 unspecified atom stereocenters. The standard InChI is InChI=1S/C18H26N2O3/c1-13-6-7-15(12-21)11-20(13)17(22)9-8-14-4-3-5-16(10-14)18(23)19-2/h3-5,10,13,15,21H,6-9,11-12H2,1-2H3,(H,19,23). The SMILES string of the molecule is CNC(=O)c1cccc(CCC(=O)N2CC(CO)CCC2C)c1. The van der Waals surface area contributed by atoms with Crippen LogP contribution in [0, 0.1) is 5.92 Å². The van der Waals surface area contributed by atoms with Crippen LogP contribution in [0.25, 0.3) is 0 Å². The fourth-order valence-electron chi connectivity index (χ4n) is 3.09. The van der Waals surface area contributed by atoms with Crippen LogP contribution in [0.3, 0.4) is 0 Å². The number of rotatable bonds is 5. The highest BCUT2D eigenvalue weighted by molar-refractivity contribution is 5.94. The van der Waals surface area contributed by atoms with Crippen molar-refractivity contribution >= 4 is 11.8 Å². The second kappa shape index (κ2) is 8.11. The maximum atomic E-state index is 12.5. The lowest BCUT2D eigenvalue weighted by atomic mass is 9.93. The van der Waals surface area contributed by atoms with E-state index < -0.39 is 0 Å². The van der Waals surface area contributed by atoms with Crippen LogP contribution >= 0.6 is 0 Å². The van der Waals surface area contributed by atoms with Crippen molar-refractivity contribution in [2.24, 2.45) is 5.92 Å². The highest BCUT2D eigenvalue weighted by Gasteiger charge is 2.28. The van der Waals surface area contributed by atoms with Crippen LogP contribution in [0.5, 0.6) is 0 Å². The minimum Gasteiger partial charge on any atom is -0.396 e. The van der Waals surface area contributed by atoms with Crippen molar-refractivity contribution in [3.8, 4) is 0 Å². The highest BCUT2D eigenvalue weighted by atomic mass is 16.3.